The van der Waals surface area contributed by atoms with Crippen LogP contribution in [0, 0.1) is 11.8 Å². The van der Waals surface area contributed by atoms with Crippen molar-refractivity contribution in [1.29, 1.82) is 0 Å². The van der Waals surface area contributed by atoms with Gasteiger partial charge in [0.15, 0.2) is 0 Å². The Kier molecular flexibility index (Phi) is 7.63. The van der Waals surface area contributed by atoms with Crippen molar-refractivity contribution in [3.63, 3.8) is 0 Å². The first-order valence-electron chi connectivity index (χ1n) is 8.51. The SMILES string of the molecule is COC(=O)c1ccc(C#CCCCCCCc2ccccc2)cc1. The van der Waals surface area contributed by atoms with Gasteiger partial charge in [0.05, 0.1) is 12.7 Å². The topological polar surface area (TPSA) is 26.3 Å². The molecule has 0 aliphatic rings. The van der Waals surface area contributed by atoms with Crippen LogP contribution in [0.15, 0.2) is 54.6 Å². The molecule has 0 radical (unpaired) electrons. The summed E-state index contributed by atoms with van der Waals surface area (Å²) in [5, 5.41) is 0. The molecule has 0 atom stereocenters. The highest BCUT2D eigenvalue weighted by atomic mass is 16.5. The van der Waals surface area contributed by atoms with Crippen LogP contribution in [-0.4, -0.2) is 13.1 Å². The normalized spacial score (nSPS) is 9.88. The molecular formula is C22H24O2. The minimum absolute atomic E-state index is 0.315. The molecule has 2 aromatic rings. The Bertz CT molecular complexity index is 675. The molecule has 124 valence electrons. The Balaban J connectivity index is 1.61. The van der Waals surface area contributed by atoms with Crippen LogP contribution in [0.1, 0.15) is 53.6 Å². The van der Waals surface area contributed by atoms with E-state index in [1.807, 2.05) is 12.1 Å². The highest BCUT2D eigenvalue weighted by Crippen LogP contribution is 2.09. The van der Waals surface area contributed by atoms with Crippen LogP contribution < -0.4 is 0 Å². The van der Waals surface area contributed by atoms with Gasteiger partial charge in [0.2, 0.25) is 0 Å². The van der Waals surface area contributed by atoms with Gasteiger partial charge in [-0.1, -0.05) is 55.0 Å². The van der Waals surface area contributed by atoms with Gasteiger partial charge >= 0.3 is 5.97 Å². The number of hydrogen-bond acceptors (Lipinski definition) is 2. The number of carbonyl (C=O) groups is 1. The smallest absolute Gasteiger partial charge is 0.337 e. The van der Waals surface area contributed by atoms with Crippen LogP contribution in [-0.2, 0) is 11.2 Å². The second kappa shape index (κ2) is 10.3. The Morgan fingerprint density at radius 3 is 2.33 bits per heavy atom. The average molecular weight is 320 g/mol. The van der Waals surface area contributed by atoms with Gasteiger partial charge in [-0.05, 0) is 49.1 Å². The molecule has 0 saturated carbocycles. The fraction of sp³-hybridized carbons (Fsp3) is 0.318. The summed E-state index contributed by atoms with van der Waals surface area (Å²) in [5.41, 5.74) is 2.92. The molecule has 0 unspecified atom stereocenters. The molecule has 0 spiro atoms. The second-order valence-electron chi connectivity index (χ2n) is 5.77. The molecule has 2 aromatic carbocycles. The van der Waals surface area contributed by atoms with Gasteiger partial charge in [0, 0.05) is 12.0 Å². The number of ether oxygens (including phenoxy) is 1. The van der Waals surface area contributed by atoms with Gasteiger partial charge in [-0.3, -0.25) is 0 Å². The van der Waals surface area contributed by atoms with E-state index in [2.05, 4.69) is 46.9 Å². The molecular weight excluding hydrogens is 296 g/mol. The molecule has 0 amide bonds. The maximum Gasteiger partial charge on any atom is 0.337 e. The summed E-state index contributed by atoms with van der Waals surface area (Å²) in [5.74, 6) is 6.04. The van der Waals surface area contributed by atoms with E-state index < -0.39 is 0 Å². The van der Waals surface area contributed by atoms with Gasteiger partial charge in [0.1, 0.15) is 0 Å². The zero-order valence-electron chi connectivity index (χ0n) is 14.3. The zero-order valence-corrected chi connectivity index (χ0v) is 14.3. The molecule has 24 heavy (non-hydrogen) atoms. The first-order valence-corrected chi connectivity index (χ1v) is 8.51. The van der Waals surface area contributed by atoms with Crippen molar-refractivity contribution in [3.8, 4) is 11.8 Å². The lowest BCUT2D eigenvalue weighted by Crippen LogP contribution is -2.00. The maximum atomic E-state index is 11.3. The second-order valence-corrected chi connectivity index (χ2v) is 5.77. The molecule has 2 heteroatoms. The lowest BCUT2D eigenvalue weighted by Gasteiger charge is -2.00. The minimum Gasteiger partial charge on any atom is -0.465 e. The van der Waals surface area contributed by atoms with Crippen molar-refractivity contribution in [1.82, 2.24) is 0 Å². The summed E-state index contributed by atoms with van der Waals surface area (Å²) < 4.78 is 4.67. The molecule has 0 aromatic heterocycles. The Morgan fingerprint density at radius 1 is 0.917 bits per heavy atom. The van der Waals surface area contributed by atoms with E-state index in [1.165, 1.54) is 38.4 Å². The Hall–Kier alpha value is -2.53. The van der Waals surface area contributed by atoms with Crippen LogP contribution in [0.3, 0.4) is 0 Å². The van der Waals surface area contributed by atoms with E-state index in [1.54, 1.807) is 12.1 Å². The fourth-order valence-corrected chi connectivity index (χ4v) is 2.51. The molecule has 0 aliphatic carbocycles. The molecule has 0 saturated heterocycles. The Labute approximate surface area is 144 Å². The first-order chi connectivity index (χ1) is 11.8. The van der Waals surface area contributed by atoms with Gasteiger partial charge in [-0.25, -0.2) is 4.79 Å². The van der Waals surface area contributed by atoms with Gasteiger partial charge < -0.3 is 4.74 Å². The summed E-state index contributed by atoms with van der Waals surface area (Å²) in [7, 11) is 1.38. The average Bonchev–Trinajstić information content (AvgIpc) is 2.64. The number of methoxy groups -OCH3 is 1. The van der Waals surface area contributed by atoms with Crippen LogP contribution >= 0.6 is 0 Å². The van der Waals surface area contributed by atoms with Crippen molar-refractivity contribution >= 4 is 5.97 Å². The monoisotopic (exact) mass is 320 g/mol. The Morgan fingerprint density at radius 2 is 1.62 bits per heavy atom. The molecule has 0 fully saturated rings. The predicted molar refractivity (Wildman–Crippen MR) is 97.9 cm³/mol. The number of unbranched alkanes of at least 4 members (excludes halogenated alkanes) is 4. The number of rotatable bonds is 7. The third-order valence-corrected chi connectivity index (χ3v) is 3.90. The molecule has 2 nitrogen and oxygen atoms in total. The molecule has 0 bridgehead atoms. The lowest BCUT2D eigenvalue weighted by molar-refractivity contribution is 0.0600. The molecule has 0 N–H and O–H groups in total. The number of esters is 1. The van der Waals surface area contributed by atoms with Crippen LogP contribution in [0.25, 0.3) is 0 Å². The number of carbonyl (C=O) groups excluding carboxylic acids is 1. The number of aryl methyl sites for hydroxylation is 1. The summed E-state index contributed by atoms with van der Waals surface area (Å²) in [4.78, 5) is 11.3. The third-order valence-electron chi connectivity index (χ3n) is 3.90. The van der Waals surface area contributed by atoms with Gasteiger partial charge in [-0.2, -0.15) is 0 Å². The summed E-state index contributed by atoms with van der Waals surface area (Å²) in [6, 6.07) is 17.9. The van der Waals surface area contributed by atoms with Crippen molar-refractivity contribution in [3.05, 3.63) is 71.3 Å². The van der Waals surface area contributed by atoms with E-state index in [9.17, 15) is 4.79 Å². The van der Waals surface area contributed by atoms with E-state index >= 15 is 0 Å². The van der Waals surface area contributed by atoms with E-state index in [-0.39, 0.29) is 5.97 Å². The predicted octanol–water partition coefficient (Wildman–Crippen LogP) is 5.02. The lowest BCUT2D eigenvalue weighted by atomic mass is 10.1. The molecule has 0 heterocycles. The number of hydrogen-bond donors (Lipinski definition) is 0. The van der Waals surface area contributed by atoms with Crippen LogP contribution in [0.5, 0.6) is 0 Å². The van der Waals surface area contributed by atoms with Crippen molar-refractivity contribution < 1.29 is 9.53 Å². The summed E-state index contributed by atoms with van der Waals surface area (Å²) in [6.07, 6.45) is 6.95. The summed E-state index contributed by atoms with van der Waals surface area (Å²) >= 11 is 0. The standard InChI is InChI=1S/C22H24O2/c1-24-22(23)21-17-15-20(16-18-21)14-8-5-3-2-4-7-11-19-12-9-6-10-13-19/h6,9-10,12-13,15-18H,2-5,7,11H2,1H3. The van der Waals surface area contributed by atoms with E-state index in [4.69, 9.17) is 0 Å². The van der Waals surface area contributed by atoms with Crippen molar-refractivity contribution in [2.24, 2.45) is 0 Å². The number of benzene rings is 2. The van der Waals surface area contributed by atoms with Gasteiger partial charge in [0.25, 0.3) is 0 Å². The molecule has 2 rings (SSSR count). The highest BCUT2D eigenvalue weighted by Gasteiger charge is 2.02. The quantitative estimate of drug-likeness (QED) is 0.407. The maximum absolute atomic E-state index is 11.3. The third kappa shape index (κ3) is 6.30. The molecule has 0 aliphatic heterocycles. The first kappa shape index (κ1) is 17.8. The summed E-state index contributed by atoms with van der Waals surface area (Å²) in [6.45, 7) is 0. The zero-order chi connectivity index (χ0) is 17.0. The largest absolute Gasteiger partial charge is 0.465 e. The highest BCUT2D eigenvalue weighted by molar-refractivity contribution is 5.89. The van der Waals surface area contributed by atoms with Crippen molar-refractivity contribution in [2.75, 3.05) is 7.11 Å². The van der Waals surface area contributed by atoms with E-state index in [0.717, 1.165) is 18.4 Å². The van der Waals surface area contributed by atoms with Crippen LogP contribution in [0.4, 0.5) is 0 Å². The van der Waals surface area contributed by atoms with E-state index in [0.29, 0.717) is 5.56 Å². The van der Waals surface area contributed by atoms with Gasteiger partial charge in [-0.15, -0.1) is 0 Å². The minimum atomic E-state index is -0.315. The van der Waals surface area contributed by atoms with Crippen LogP contribution in [0.2, 0.25) is 0 Å². The fourth-order valence-electron chi connectivity index (χ4n) is 2.51. The van der Waals surface area contributed by atoms with Crippen molar-refractivity contribution in [2.45, 2.75) is 38.5 Å².